The molecule has 3 aromatic rings. The summed E-state index contributed by atoms with van der Waals surface area (Å²) in [6.45, 7) is -0.524. The molecular formula is C21H16FN3O4. The van der Waals surface area contributed by atoms with Crippen molar-refractivity contribution in [1.29, 1.82) is 5.26 Å². The first-order valence-corrected chi connectivity index (χ1v) is 8.69. The van der Waals surface area contributed by atoms with Gasteiger partial charge in [0.1, 0.15) is 24.1 Å². The smallest absolute Gasteiger partial charge is 0.306 e. The van der Waals surface area contributed by atoms with E-state index in [1.807, 2.05) is 6.07 Å². The molecule has 0 spiro atoms. The Morgan fingerprint density at radius 3 is 2.55 bits per heavy atom. The summed E-state index contributed by atoms with van der Waals surface area (Å²) in [5, 5.41) is 19.5. The number of hydrogen-bond acceptors (Lipinski definition) is 6. The molecule has 2 N–H and O–H groups in total. The van der Waals surface area contributed by atoms with E-state index in [9.17, 15) is 24.3 Å². The molecule has 0 unspecified atom stereocenters. The Morgan fingerprint density at radius 1 is 1.14 bits per heavy atom. The molecule has 0 amide bonds. The Morgan fingerprint density at radius 2 is 1.86 bits per heavy atom. The summed E-state index contributed by atoms with van der Waals surface area (Å²) in [6, 6.07) is 14.0. The number of imidazole rings is 1. The van der Waals surface area contributed by atoms with E-state index in [4.69, 9.17) is 4.74 Å². The third kappa shape index (κ3) is 4.84. The maximum atomic E-state index is 12.9. The van der Waals surface area contributed by atoms with Crippen LogP contribution < -0.4 is 0 Å². The average molecular weight is 393 g/mol. The highest BCUT2D eigenvalue weighted by molar-refractivity contribution is 5.97. The van der Waals surface area contributed by atoms with Gasteiger partial charge in [0, 0.05) is 12.0 Å². The van der Waals surface area contributed by atoms with Crippen LogP contribution in [0.2, 0.25) is 0 Å². The molecule has 0 aliphatic rings. The van der Waals surface area contributed by atoms with Crippen LogP contribution in [0, 0.1) is 17.1 Å². The second-order valence-corrected chi connectivity index (χ2v) is 6.13. The molecule has 0 saturated heterocycles. The molecule has 29 heavy (non-hydrogen) atoms. The lowest BCUT2D eigenvalue weighted by Crippen LogP contribution is -2.11. The van der Waals surface area contributed by atoms with Crippen molar-refractivity contribution in [2.24, 2.45) is 0 Å². The topological polar surface area (TPSA) is 116 Å². The van der Waals surface area contributed by atoms with Crippen LogP contribution in [-0.4, -0.2) is 33.4 Å². The molecule has 2 aromatic carbocycles. The standard InChI is InChI=1S/C21H16FN3O4/c22-14-7-5-13(6-8-14)18(26)9-10-20(28)29-12-19(27)15(11-23)21-24-16-3-1-2-4-17(16)25-21/h1-8,27H,9-10,12H2,(H,24,25)/b19-15-. The summed E-state index contributed by atoms with van der Waals surface area (Å²) in [6.07, 6.45) is -0.334. The Kier molecular flexibility index (Phi) is 6.00. The van der Waals surface area contributed by atoms with E-state index in [1.54, 1.807) is 24.3 Å². The molecule has 8 heteroatoms. The van der Waals surface area contributed by atoms with Gasteiger partial charge in [-0.25, -0.2) is 9.37 Å². The molecule has 0 fully saturated rings. The summed E-state index contributed by atoms with van der Waals surface area (Å²) in [4.78, 5) is 31.0. The van der Waals surface area contributed by atoms with Gasteiger partial charge in [0.25, 0.3) is 0 Å². The number of ketones is 1. The van der Waals surface area contributed by atoms with E-state index >= 15 is 0 Å². The zero-order valence-electron chi connectivity index (χ0n) is 15.2. The number of fused-ring (bicyclic) bond motifs is 1. The number of ether oxygens (including phenoxy) is 1. The number of hydrogen-bond donors (Lipinski definition) is 2. The number of aromatic nitrogens is 2. The zero-order chi connectivity index (χ0) is 20.8. The first-order valence-electron chi connectivity index (χ1n) is 8.69. The molecule has 0 bridgehead atoms. The van der Waals surface area contributed by atoms with E-state index in [0.717, 1.165) is 12.1 Å². The fraction of sp³-hybridized carbons (Fsp3) is 0.143. The van der Waals surface area contributed by atoms with E-state index in [-0.39, 0.29) is 30.0 Å². The zero-order valence-corrected chi connectivity index (χ0v) is 15.2. The monoisotopic (exact) mass is 393 g/mol. The van der Waals surface area contributed by atoms with Crippen LogP contribution in [0.4, 0.5) is 4.39 Å². The number of nitrogens with one attached hydrogen (secondary N) is 1. The van der Waals surface area contributed by atoms with Crippen LogP contribution in [0.1, 0.15) is 29.0 Å². The third-order valence-electron chi connectivity index (χ3n) is 4.12. The molecule has 1 aromatic heterocycles. The second kappa shape index (κ2) is 8.80. The lowest BCUT2D eigenvalue weighted by molar-refractivity contribution is -0.143. The van der Waals surface area contributed by atoms with Gasteiger partial charge in [-0.3, -0.25) is 9.59 Å². The van der Waals surface area contributed by atoms with Crippen LogP contribution in [-0.2, 0) is 9.53 Å². The minimum Gasteiger partial charge on any atom is -0.507 e. The van der Waals surface area contributed by atoms with Gasteiger partial charge in [-0.05, 0) is 36.4 Å². The molecule has 0 atom stereocenters. The molecule has 7 nitrogen and oxygen atoms in total. The van der Waals surface area contributed by atoms with Gasteiger partial charge >= 0.3 is 5.97 Å². The Bertz CT molecular complexity index is 1090. The molecule has 0 saturated carbocycles. The molecule has 0 aliphatic heterocycles. The Balaban J connectivity index is 1.58. The van der Waals surface area contributed by atoms with Gasteiger partial charge in [-0.15, -0.1) is 0 Å². The first kappa shape index (κ1) is 19.8. The maximum Gasteiger partial charge on any atom is 0.306 e. The van der Waals surface area contributed by atoms with E-state index in [0.29, 0.717) is 16.6 Å². The summed E-state index contributed by atoms with van der Waals surface area (Å²) in [7, 11) is 0. The van der Waals surface area contributed by atoms with Crippen LogP contribution in [0.15, 0.2) is 54.3 Å². The number of carbonyl (C=O) groups excluding carboxylic acids is 2. The van der Waals surface area contributed by atoms with Crippen LogP contribution >= 0.6 is 0 Å². The van der Waals surface area contributed by atoms with Crippen molar-refractivity contribution in [3.8, 4) is 6.07 Å². The fourth-order valence-corrected chi connectivity index (χ4v) is 2.61. The van der Waals surface area contributed by atoms with Gasteiger partial charge < -0.3 is 14.8 Å². The SMILES string of the molecule is N#C/C(=C(/O)COC(=O)CCC(=O)c1ccc(F)cc1)c1nc2ccccc2[nH]1. The number of aliphatic hydroxyl groups is 1. The minimum atomic E-state index is -0.714. The number of halogens is 1. The van der Waals surface area contributed by atoms with Crippen molar-refractivity contribution in [3.05, 3.63) is 71.5 Å². The highest BCUT2D eigenvalue weighted by Gasteiger charge is 2.16. The highest BCUT2D eigenvalue weighted by Crippen LogP contribution is 2.19. The number of benzene rings is 2. The normalized spacial score (nSPS) is 11.6. The van der Waals surface area contributed by atoms with Crippen molar-refractivity contribution in [1.82, 2.24) is 9.97 Å². The van der Waals surface area contributed by atoms with Crippen LogP contribution in [0.5, 0.6) is 0 Å². The number of para-hydroxylation sites is 2. The van der Waals surface area contributed by atoms with Gasteiger partial charge in [-0.2, -0.15) is 5.26 Å². The predicted octanol–water partition coefficient (Wildman–Crippen LogP) is 3.70. The van der Waals surface area contributed by atoms with Gasteiger partial charge in [-0.1, -0.05) is 12.1 Å². The predicted molar refractivity (Wildman–Crippen MR) is 102 cm³/mol. The van der Waals surface area contributed by atoms with Crippen LogP contribution in [0.25, 0.3) is 16.6 Å². The van der Waals surface area contributed by atoms with Crippen molar-refractivity contribution in [3.63, 3.8) is 0 Å². The van der Waals surface area contributed by atoms with E-state index in [1.165, 1.54) is 12.1 Å². The highest BCUT2D eigenvalue weighted by atomic mass is 19.1. The van der Waals surface area contributed by atoms with Crippen LogP contribution in [0.3, 0.4) is 0 Å². The molecule has 146 valence electrons. The molecule has 1 heterocycles. The number of aliphatic hydroxyl groups excluding tert-OH is 1. The summed E-state index contributed by atoms with van der Waals surface area (Å²) in [5.41, 5.74) is 1.47. The number of nitriles is 1. The summed E-state index contributed by atoms with van der Waals surface area (Å²) < 4.78 is 17.8. The fourth-order valence-electron chi connectivity index (χ4n) is 2.61. The van der Waals surface area contributed by atoms with Crippen molar-refractivity contribution in [2.75, 3.05) is 6.61 Å². The Hall–Kier alpha value is -3.99. The van der Waals surface area contributed by atoms with Crippen molar-refractivity contribution >= 4 is 28.4 Å². The maximum absolute atomic E-state index is 12.9. The minimum absolute atomic E-state index is 0.121. The second-order valence-electron chi connectivity index (χ2n) is 6.13. The number of esters is 1. The number of allylic oxidation sites excluding steroid dienone is 1. The average Bonchev–Trinajstić information content (AvgIpc) is 3.15. The molecule has 3 rings (SSSR count). The number of nitrogens with zero attached hydrogens (tertiary/aromatic N) is 2. The van der Waals surface area contributed by atoms with E-state index < -0.39 is 24.2 Å². The number of carbonyl (C=O) groups is 2. The van der Waals surface area contributed by atoms with E-state index in [2.05, 4.69) is 9.97 Å². The number of rotatable bonds is 7. The molecule has 0 aliphatic carbocycles. The molecular weight excluding hydrogens is 377 g/mol. The van der Waals surface area contributed by atoms with Gasteiger partial charge in [0.05, 0.1) is 17.5 Å². The van der Waals surface area contributed by atoms with Crippen molar-refractivity contribution in [2.45, 2.75) is 12.8 Å². The third-order valence-corrected chi connectivity index (χ3v) is 4.12. The van der Waals surface area contributed by atoms with Crippen molar-refractivity contribution < 1.29 is 23.8 Å². The number of Topliss-reactive ketones (excluding diaryl/α,β-unsaturated/α-hetero) is 1. The van der Waals surface area contributed by atoms with Gasteiger partial charge in [0.15, 0.2) is 17.4 Å². The summed E-state index contributed by atoms with van der Waals surface area (Å²) in [5.74, 6) is -1.80. The lowest BCUT2D eigenvalue weighted by atomic mass is 10.1. The first-order chi connectivity index (χ1) is 14.0. The lowest BCUT2D eigenvalue weighted by Gasteiger charge is -2.05. The number of H-pyrrole nitrogens is 1. The molecule has 0 radical (unpaired) electrons. The largest absolute Gasteiger partial charge is 0.507 e. The summed E-state index contributed by atoms with van der Waals surface area (Å²) >= 11 is 0. The van der Waals surface area contributed by atoms with Gasteiger partial charge in [0.2, 0.25) is 0 Å². The number of aromatic amines is 1. The Labute approximate surface area is 165 Å². The quantitative estimate of drug-likeness (QED) is 0.274.